The fourth-order valence-corrected chi connectivity index (χ4v) is 2.33. The first-order valence-electron chi connectivity index (χ1n) is 8.24. The minimum absolute atomic E-state index is 0.00623. The fourth-order valence-electron chi connectivity index (χ4n) is 2.33. The van der Waals surface area contributed by atoms with Crippen molar-refractivity contribution in [1.29, 1.82) is 0 Å². The number of carbonyl (C=O) groups excluding carboxylic acids is 2. The van der Waals surface area contributed by atoms with Crippen LogP contribution in [0.15, 0.2) is 24.3 Å². The summed E-state index contributed by atoms with van der Waals surface area (Å²) >= 11 is 0. The van der Waals surface area contributed by atoms with Crippen molar-refractivity contribution < 1.29 is 32.2 Å². The highest BCUT2D eigenvalue weighted by Gasteiger charge is 2.33. The molecule has 1 N–H and O–H groups in total. The maximum atomic E-state index is 12.3. The van der Waals surface area contributed by atoms with E-state index in [1.807, 2.05) is 20.8 Å². The number of hydrogen-bond acceptors (Lipinski definition) is 5. The molecule has 146 valence electrons. The van der Waals surface area contributed by atoms with E-state index in [1.165, 1.54) is 24.3 Å². The van der Waals surface area contributed by atoms with Crippen LogP contribution in [0.2, 0.25) is 0 Å². The predicted molar refractivity (Wildman–Crippen MR) is 90.0 cm³/mol. The summed E-state index contributed by atoms with van der Waals surface area (Å²) in [5.74, 6) is -0.931. The van der Waals surface area contributed by atoms with Crippen LogP contribution in [0, 0.1) is 5.92 Å². The van der Waals surface area contributed by atoms with Crippen LogP contribution in [0.3, 0.4) is 0 Å². The van der Waals surface area contributed by atoms with Crippen LogP contribution in [0.1, 0.15) is 44.0 Å². The molecule has 2 rings (SSSR count). The zero-order valence-electron chi connectivity index (χ0n) is 15.1. The Bertz CT molecular complexity index is 591. The highest BCUT2D eigenvalue weighted by Crippen LogP contribution is 2.29. The first-order valence-corrected chi connectivity index (χ1v) is 8.24. The largest absolute Gasteiger partial charge is 0.573 e. The molecule has 1 heterocycles. The van der Waals surface area contributed by atoms with E-state index >= 15 is 0 Å². The summed E-state index contributed by atoms with van der Waals surface area (Å²) in [5, 5.41) is 3.11. The van der Waals surface area contributed by atoms with Gasteiger partial charge in [0.1, 0.15) is 11.4 Å². The molecule has 0 unspecified atom stereocenters. The van der Waals surface area contributed by atoms with Crippen molar-refractivity contribution in [3.8, 4) is 5.75 Å². The molecular formula is C18H24F3NO4. The quantitative estimate of drug-likeness (QED) is 0.642. The van der Waals surface area contributed by atoms with E-state index in [4.69, 9.17) is 0 Å². The minimum Gasteiger partial charge on any atom is -0.462 e. The molecule has 8 heteroatoms. The summed E-state index contributed by atoms with van der Waals surface area (Å²) in [4.78, 5) is 21.8. The minimum atomic E-state index is -4.79. The zero-order valence-corrected chi connectivity index (χ0v) is 15.1. The normalized spacial score (nSPS) is 15.5. The van der Waals surface area contributed by atoms with Gasteiger partial charge in [-0.05, 0) is 58.8 Å². The van der Waals surface area contributed by atoms with Gasteiger partial charge in [0.05, 0.1) is 5.56 Å². The molecule has 0 spiro atoms. The highest BCUT2D eigenvalue weighted by atomic mass is 19.4. The Morgan fingerprint density at radius 3 is 2.19 bits per heavy atom. The number of carbonyl (C=O) groups is 2. The van der Waals surface area contributed by atoms with Crippen molar-refractivity contribution in [3.63, 3.8) is 0 Å². The Hall–Kier alpha value is -2.09. The van der Waals surface area contributed by atoms with Crippen molar-refractivity contribution in [2.45, 2.75) is 45.6 Å². The van der Waals surface area contributed by atoms with Crippen molar-refractivity contribution >= 4 is 12.3 Å². The van der Waals surface area contributed by atoms with Crippen molar-refractivity contribution in [2.24, 2.45) is 5.92 Å². The van der Waals surface area contributed by atoms with Crippen LogP contribution in [0.25, 0.3) is 0 Å². The van der Waals surface area contributed by atoms with Gasteiger partial charge in [0.15, 0.2) is 5.78 Å². The Labute approximate surface area is 150 Å². The SMILES string of the molecule is CC(C)(C)OC=O.O=C(c1ccccc1OC(F)(F)F)C1CCNCC1. The zero-order chi connectivity index (χ0) is 19.8. The molecule has 1 aromatic rings. The topological polar surface area (TPSA) is 64.6 Å². The molecule has 0 radical (unpaired) electrons. The van der Waals surface area contributed by atoms with Gasteiger partial charge in [-0.3, -0.25) is 9.59 Å². The number of Topliss-reactive ketones (excluding diaryl/α,β-unsaturated/α-hetero) is 1. The molecule has 0 aliphatic carbocycles. The molecule has 0 aromatic heterocycles. The number of piperidine rings is 1. The van der Waals surface area contributed by atoms with E-state index in [2.05, 4.69) is 14.8 Å². The van der Waals surface area contributed by atoms with Gasteiger partial charge in [0, 0.05) is 5.92 Å². The molecule has 0 bridgehead atoms. The third-order valence-electron chi connectivity index (χ3n) is 3.49. The van der Waals surface area contributed by atoms with Gasteiger partial charge in [-0.2, -0.15) is 0 Å². The molecule has 5 nitrogen and oxygen atoms in total. The monoisotopic (exact) mass is 375 g/mol. The van der Waals surface area contributed by atoms with E-state index < -0.39 is 12.1 Å². The van der Waals surface area contributed by atoms with E-state index in [-0.39, 0.29) is 22.9 Å². The lowest BCUT2D eigenvalue weighted by Crippen LogP contribution is -2.32. The lowest BCUT2D eigenvalue weighted by molar-refractivity contribution is -0.274. The van der Waals surface area contributed by atoms with Crippen molar-refractivity contribution in [3.05, 3.63) is 29.8 Å². The molecule has 0 atom stereocenters. The van der Waals surface area contributed by atoms with Gasteiger partial charge < -0.3 is 14.8 Å². The number of rotatable bonds is 4. The Balaban J connectivity index is 0.000000412. The van der Waals surface area contributed by atoms with Gasteiger partial charge in [-0.1, -0.05) is 12.1 Å². The molecule has 0 saturated carbocycles. The Morgan fingerprint density at radius 2 is 1.73 bits per heavy atom. The van der Waals surface area contributed by atoms with E-state index in [9.17, 15) is 22.8 Å². The first-order chi connectivity index (χ1) is 12.0. The third kappa shape index (κ3) is 8.33. The number of halogens is 3. The van der Waals surface area contributed by atoms with Gasteiger partial charge in [0.25, 0.3) is 6.47 Å². The lowest BCUT2D eigenvalue weighted by Gasteiger charge is -2.22. The van der Waals surface area contributed by atoms with Crippen LogP contribution in [0.5, 0.6) is 5.75 Å². The molecule has 1 fully saturated rings. The number of nitrogens with one attached hydrogen (secondary N) is 1. The molecule has 0 amide bonds. The average molecular weight is 375 g/mol. The summed E-state index contributed by atoms with van der Waals surface area (Å²) in [6.45, 7) is 7.33. The molecule has 1 aliphatic rings. The lowest BCUT2D eigenvalue weighted by atomic mass is 9.89. The summed E-state index contributed by atoms with van der Waals surface area (Å²) < 4.78 is 45.3. The van der Waals surface area contributed by atoms with Crippen LogP contribution in [0.4, 0.5) is 13.2 Å². The number of ketones is 1. The third-order valence-corrected chi connectivity index (χ3v) is 3.49. The first kappa shape index (κ1) is 22.0. The second kappa shape index (κ2) is 9.56. The van der Waals surface area contributed by atoms with Crippen LogP contribution in [-0.4, -0.2) is 37.3 Å². The molecule has 1 saturated heterocycles. The number of benzene rings is 1. The van der Waals surface area contributed by atoms with Gasteiger partial charge in [0.2, 0.25) is 0 Å². The number of alkyl halides is 3. The summed E-state index contributed by atoms with van der Waals surface area (Å²) in [6, 6.07) is 5.51. The van der Waals surface area contributed by atoms with Crippen LogP contribution in [-0.2, 0) is 9.53 Å². The van der Waals surface area contributed by atoms with Gasteiger partial charge in [-0.25, -0.2) is 0 Å². The second-order valence-corrected chi connectivity index (χ2v) is 6.76. The van der Waals surface area contributed by atoms with Crippen molar-refractivity contribution in [1.82, 2.24) is 5.32 Å². The molecule has 1 aromatic carbocycles. The number of ether oxygens (including phenoxy) is 2. The van der Waals surface area contributed by atoms with E-state index in [1.54, 1.807) is 0 Å². The van der Waals surface area contributed by atoms with E-state index in [0.717, 1.165) is 0 Å². The Morgan fingerprint density at radius 1 is 1.15 bits per heavy atom. The maximum absolute atomic E-state index is 12.3. The van der Waals surface area contributed by atoms with Gasteiger partial charge in [-0.15, -0.1) is 13.2 Å². The maximum Gasteiger partial charge on any atom is 0.573 e. The van der Waals surface area contributed by atoms with Gasteiger partial charge >= 0.3 is 6.36 Å². The molecule has 26 heavy (non-hydrogen) atoms. The van der Waals surface area contributed by atoms with Crippen LogP contribution < -0.4 is 10.1 Å². The van der Waals surface area contributed by atoms with E-state index in [0.29, 0.717) is 32.4 Å². The number of para-hydroxylation sites is 1. The highest BCUT2D eigenvalue weighted by molar-refractivity contribution is 6.00. The summed E-state index contributed by atoms with van der Waals surface area (Å²) in [6.07, 6.45) is -3.51. The standard InChI is InChI=1S/C13H14F3NO2.C5H10O2/c14-13(15,16)19-11-4-2-1-3-10(11)12(18)9-5-7-17-8-6-9;1-5(2,3)7-4-6/h1-4,9,17H,5-8H2;4H,1-3H3. The fraction of sp³-hybridized carbons (Fsp3) is 0.556. The summed E-state index contributed by atoms with van der Waals surface area (Å²) in [7, 11) is 0. The molecule has 1 aliphatic heterocycles. The van der Waals surface area contributed by atoms with Crippen LogP contribution >= 0.6 is 0 Å². The predicted octanol–water partition coefficient (Wildman–Crippen LogP) is 3.73. The average Bonchev–Trinajstić information content (AvgIpc) is 2.53. The van der Waals surface area contributed by atoms with Crippen molar-refractivity contribution in [2.75, 3.05) is 13.1 Å². The second-order valence-electron chi connectivity index (χ2n) is 6.76. The Kier molecular flexibility index (Phi) is 8.08. The number of hydrogen-bond donors (Lipinski definition) is 1. The molecular weight excluding hydrogens is 351 g/mol. The smallest absolute Gasteiger partial charge is 0.462 e. The summed E-state index contributed by atoms with van der Waals surface area (Å²) in [5.41, 5.74) is -0.311.